The van der Waals surface area contributed by atoms with E-state index >= 15 is 0 Å². The molecule has 0 radical (unpaired) electrons. The van der Waals surface area contributed by atoms with Gasteiger partial charge >= 0.3 is 0 Å². The predicted molar refractivity (Wildman–Crippen MR) is 110 cm³/mol. The number of hydrogen-bond donors (Lipinski definition) is 4. The summed E-state index contributed by atoms with van der Waals surface area (Å²) in [4.78, 5) is 30.6. The van der Waals surface area contributed by atoms with E-state index in [1.165, 1.54) is 33.4 Å². The van der Waals surface area contributed by atoms with Crippen molar-refractivity contribution in [1.82, 2.24) is 19.1 Å². The first-order valence-corrected chi connectivity index (χ1v) is 8.88. The number of halogens is 1. The van der Waals surface area contributed by atoms with Gasteiger partial charge in [0.25, 0.3) is 11.1 Å². The molecule has 0 spiro atoms. The summed E-state index contributed by atoms with van der Waals surface area (Å²) in [5, 5.41) is 0. The monoisotopic (exact) mass is 420 g/mol. The Balaban J connectivity index is 2.49. The summed E-state index contributed by atoms with van der Waals surface area (Å²) in [6.45, 7) is 0. The minimum absolute atomic E-state index is 0.0620. The smallest absolute Gasteiger partial charge is 0.257 e. The van der Waals surface area contributed by atoms with Gasteiger partial charge in [-0.05, 0) is 42.1 Å². The molecule has 2 aromatic heterocycles. The molecule has 0 fully saturated rings. The Hall–Kier alpha value is -3.05. The fraction of sp³-hybridized carbons (Fsp3) is 0.176. The summed E-state index contributed by atoms with van der Waals surface area (Å²) in [6.07, 6.45) is 0. The number of nitrogens with two attached hydrogens (primary N) is 2. The third-order valence-corrected chi connectivity index (χ3v) is 5.35. The van der Waals surface area contributed by atoms with Gasteiger partial charge in [-0.2, -0.15) is 0 Å². The molecule has 0 saturated heterocycles. The van der Waals surface area contributed by atoms with Crippen LogP contribution in [0.5, 0.6) is 0 Å². The van der Waals surface area contributed by atoms with Crippen molar-refractivity contribution in [3.63, 3.8) is 0 Å². The summed E-state index contributed by atoms with van der Waals surface area (Å²) in [5.41, 5.74) is 11.8. The largest absolute Gasteiger partial charge is 0.385 e. The Bertz CT molecular complexity index is 1220. The molecule has 0 unspecified atom stereocenters. The number of hydrogen-bond acceptors (Lipinski definition) is 6. The normalized spacial score (nSPS) is 11.1. The number of nitrogen functional groups attached to an aromatic ring is 2. The maximum absolute atomic E-state index is 13.5. The third-order valence-electron chi connectivity index (χ3n) is 4.59. The van der Waals surface area contributed by atoms with Crippen LogP contribution in [-0.4, -0.2) is 19.1 Å². The molecular weight excluding hydrogens is 403 g/mol. The highest BCUT2D eigenvalue weighted by Crippen LogP contribution is 2.33. The van der Waals surface area contributed by atoms with Crippen molar-refractivity contribution in [2.45, 2.75) is 5.92 Å². The summed E-state index contributed by atoms with van der Waals surface area (Å²) in [5.74, 6) is -1.32. The predicted octanol–water partition coefficient (Wildman–Crippen LogP) is 1.68. The summed E-state index contributed by atoms with van der Waals surface area (Å²) >= 11 is 10.2. The van der Waals surface area contributed by atoms with Crippen LogP contribution in [0.25, 0.3) is 0 Å². The van der Waals surface area contributed by atoms with E-state index in [1.54, 1.807) is 14.1 Å². The molecule has 11 heteroatoms. The van der Waals surface area contributed by atoms with E-state index in [-0.39, 0.29) is 32.3 Å². The average molecular weight is 420 g/mol. The van der Waals surface area contributed by atoms with Crippen molar-refractivity contribution in [2.75, 3.05) is 11.5 Å². The molecule has 2 heterocycles. The maximum Gasteiger partial charge on any atom is 0.257 e. The number of nitrogens with zero attached hydrogens (tertiary/aromatic N) is 2. The van der Waals surface area contributed by atoms with E-state index in [0.717, 1.165) is 0 Å². The van der Waals surface area contributed by atoms with Gasteiger partial charge in [0.2, 0.25) is 0 Å². The van der Waals surface area contributed by atoms with Crippen LogP contribution in [0.2, 0.25) is 0 Å². The van der Waals surface area contributed by atoms with Gasteiger partial charge in [0.1, 0.15) is 17.5 Å². The first-order chi connectivity index (χ1) is 13.1. The highest BCUT2D eigenvalue weighted by molar-refractivity contribution is 7.71. The van der Waals surface area contributed by atoms with Crippen LogP contribution in [0.1, 0.15) is 22.6 Å². The molecule has 0 bridgehead atoms. The molecule has 146 valence electrons. The van der Waals surface area contributed by atoms with Crippen molar-refractivity contribution in [3.05, 3.63) is 77.0 Å². The number of rotatable bonds is 3. The van der Waals surface area contributed by atoms with Gasteiger partial charge in [0.05, 0.1) is 17.0 Å². The first-order valence-electron chi connectivity index (χ1n) is 8.06. The zero-order chi connectivity index (χ0) is 20.7. The van der Waals surface area contributed by atoms with E-state index < -0.39 is 22.9 Å². The van der Waals surface area contributed by atoms with Crippen LogP contribution >= 0.6 is 24.4 Å². The van der Waals surface area contributed by atoms with Gasteiger partial charge in [0.15, 0.2) is 9.54 Å². The summed E-state index contributed by atoms with van der Waals surface area (Å²) in [7, 11) is 3.16. The van der Waals surface area contributed by atoms with Crippen LogP contribution in [0.3, 0.4) is 0 Å². The lowest BCUT2D eigenvalue weighted by molar-refractivity contribution is 0.626. The van der Waals surface area contributed by atoms with E-state index in [9.17, 15) is 14.0 Å². The van der Waals surface area contributed by atoms with Crippen LogP contribution in [-0.2, 0) is 14.1 Å². The topological polar surface area (TPSA) is 128 Å². The van der Waals surface area contributed by atoms with Crippen LogP contribution < -0.4 is 22.6 Å². The fourth-order valence-electron chi connectivity index (χ4n) is 3.00. The van der Waals surface area contributed by atoms with Gasteiger partial charge in [-0.15, -0.1) is 0 Å². The molecule has 0 aliphatic carbocycles. The number of aromatic nitrogens is 4. The molecule has 8 nitrogen and oxygen atoms in total. The Morgan fingerprint density at radius 3 is 1.68 bits per heavy atom. The Morgan fingerprint density at radius 2 is 1.29 bits per heavy atom. The lowest BCUT2D eigenvalue weighted by Crippen LogP contribution is -2.30. The maximum atomic E-state index is 13.5. The molecule has 0 saturated carbocycles. The summed E-state index contributed by atoms with van der Waals surface area (Å²) < 4.78 is 16.6. The van der Waals surface area contributed by atoms with E-state index in [4.69, 9.17) is 35.9 Å². The van der Waals surface area contributed by atoms with E-state index in [2.05, 4.69) is 9.97 Å². The number of benzene rings is 1. The highest BCUT2D eigenvalue weighted by Gasteiger charge is 2.29. The van der Waals surface area contributed by atoms with Crippen molar-refractivity contribution in [2.24, 2.45) is 14.1 Å². The number of anilines is 2. The van der Waals surface area contributed by atoms with Gasteiger partial charge in [-0.3, -0.25) is 19.6 Å². The molecule has 3 aromatic rings. The van der Waals surface area contributed by atoms with Crippen LogP contribution in [0.15, 0.2) is 33.9 Å². The van der Waals surface area contributed by atoms with Gasteiger partial charge in [-0.25, -0.2) is 4.39 Å². The third kappa shape index (κ3) is 3.18. The van der Waals surface area contributed by atoms with Crippen molar-refractivity contribution >= 4 is 36.1 Å². The number of aromatic amines is 2. The molecule has 0 aliphatic rings. The Morgan fingerprint density at radius 1 is 0.893 bits per heavy atom. The average Bonchev–Trinajstić information content (AvgIpc) is 2.64. The van der Waals surface area contributed by atoms with Crippen molar-refractivity contribution in [1.29, 1.82) is 0 Å². The zero-order valence-electron chi connectivity index (χ0n) is 14.9. The molecule has 28 heavy (non-hydrogen) atoms. The van der Waals surface area contributed by atoms with Crippen molar-refractivity contribution < 1.29 is 4.39 Å². The molecule has 1 aromatic carbocycles. The van der Waals surface area contributed by atoms with Gasteiger partial charge in [0, 0.05) is 14.1 Å². The lowest BCUT2D eigenvalue weighted by Gasteiger charge is -2.22. The van der Waals surface area contributed by atoms with Gasteiger partial charge in [-0.1, -0.05) is 12.1 Å². The Kier molecular flexibility index (Phi) is 5.04. The van der Waals surface area contributed by atoms with E-state index in [1.807, 2.05) is 0 Å². The standard InChI is InChI=1S/C17H17FN6O2S2/c1-23-12(19)10(14(25)21-16(23)27)9(7-3-5-8(18)6-4-7)11-13(20)24(2)17(28)22-15(11)26/h3-6,9H,19-20H2,1-2H3,(H,21,25,27)(H,22,26,28). The summed E-state index contributed by atoms with van der Waals surface area (Å²) in [6, 6.07) is 5.36. The van der Waals surface area contributed by atoms with Crippen LogP contribution in [0, 0.1) is 15.4 Å². The second-order valence-corrected chi connectivity index (χ2v) is 6.99. The highest BCUT2D eigenvalue weighted by atomic mass is 32.1. The molecule has 0 atom stereocenters. The second-order valence-electron chi connectivity index (χ2n) is 6.22. The number of H-pyrrole nitrogens is 2. The molecule has 6 N–H and O–H groups in total. The van der Waals surface area contributed by atoms with Gasteiger partial charge < -0.3 is 20.6 Å². The zero-order valence-corrected chi connectivity index (χ0v) is 16.6. The quantitative estimate of drug-likeness (QED) is 0.478. The molecular formula is C17H17FN6O2S2. The molecule has 3 rings (SSSR count). The first kappa shape index (κ1) is 19.7. The van der Waals surface area contributed by atoms with E-state index in [0.29, 0.717) is 5.56 Å². The SMILES string of the molecule is Cn1c(N)c(C(c2ccc(F)cc2)c2c(N)n(C)c(=S)[nH]c2=O)c(=O)[nH]c1=S. The van der Waals surface area contributed by atoms with Crippen LogP contribution in [0.4, 0.5) is 16.0 Å². The lowest BCUT2D eigenvalue weighted by atomic mass is 9.86. The Labute approximate surface area is 168 Å². The molecule has 0 amide bonds. The minimum Gasteiger partial charge on any atom is -0.385 e. The molecule has 0 aliphatic heterocycles. The van der Waals surface area contributed by atoms with Crippen molar-refractivity contribution in [3.8, 4) is 0 Å². The minimum atomic E-state index is -0.975. The fourth-order valence-corrected chi connectivity index (χ4v) is 3.38. The second kappa shape index (κ2) is 7.17. The number of nitrogens with one attached hydrogen (secondary N) is 2.